The summed E-state index contributed by atoms with van der Waals surface area (Å²) in [5.74, 6) is -0.111. The van der Waals surface area contributed by atoms with E-state index in [-0.39, 0.29) is 12.0 Å². The Balaban J connectivity index is 1.74. The van der Waals surface area contributed by atoms with Gasteiger partial charge in [0.25, 0.3) is 0 Å². The third-order valence-electron chi connectivity index (χ3n) is 2.88. The van der Waals surface area contributed by atoms with Crippen LogP contribution in [0.3, 0.4) is 0 Å². The van der Waals surface area contributed by atoms with Crippen molar-refractivity contribution in [3.63, 3.8) is 0 Å². The molecule has 1 heterocycles. The second-order valence-electron chi connectivity index (χ2n) is 4.17. The molecule has 0 bridgehead atoms. The average molecular weight is 345 g/mol. The van der Waals surface area contributed by atoms with Crippen molar-refractivity contribution in [1.29, 1.82) is 0 Å². The molecule has 0 aliphatic carbocycles. The highest BCUT2D eigenvalue weighted by molar-refractivity contribution is 14.1. The first-order valence-corrected chi connectivity index (χ1v) is 6.95. The molecule has 2 atom stereocenters. The molecular weight excluding hydrogens is 329 g/mol. The fourth-order valence-electron chi connectivity index (χ4n) is 1.86. The zero-order valence-corrected chi connectivity index (χ0v) is 11.9. The van der Waals surface area contributed by atoms with Crippen LogP contribution in [0.25, 0.3) is 0 Å². The van der Waals surface area contributed by atoms with Crippen molar-refractivity contribution in [2.75, 3.05) is 6.61 Å². The van der Waals surface area contributed by atoms with E-state index in [1.165, 1.54) is 9.13 Å². The molecule has 2 rings (SSSR count). The van der Waals surface area contributed by atoms with Crippen molar-refractivity contribution in [2.24, 2.45) is 0 Å². The number of hydrogen-bond acceptors (Lipinski definition) is 3. The zero-order chi connectivity index (χ0) is 12.3. The molecule has 4 heteroatoms. The Morgan fingerprint density at radius 2 is 2.12 bits per heavy atom. The van der Waals surface area contributed by atoms with Gasteiger partial charge in [0.15, 0.2) is 0 Å². The molecule has 1 saturated heterocycles. The van der Waals surface area contributed by atoms with Gasteiger partial charge in [-0.15, -0.1) is 0 Å². The van der Waals surface area contributed by atoms with Gasteiger partial charge in [0, 0.05) is 9.61 Å². The van der Waals surface area contributed by atoms with E-state index in [1.54, 1.807) is 0 Å². The van der Waals surface area contributed by atoms with E-state index in [9.17, 15) is 4.79 Å². The SMILES string of the molecule is CCOC(=O)C1NC1CCc1ccc(I)cc1. The summed E-state index contributed by atoms with van der Waals surface area (Å²) >= 11 is 2.30. The molecule has 0 amide bonds. The number of esters is 1. The van der Waals surface area contributed by atoms with Crippen LogP contribution in [-0.4, -0.2) is 24.7 Å². The van der Waals surface area contributed by atoms with Crippen LogP contribution in [-0.2, 0) is 16.0 Å². The Morgan fingerprint density at radius 3 is 2.76 bits per heavy atom. The molecule has 0 saturated carbocycles. The topological polar surface area (TPSA) is 48.2 Å². The van der Waals surface area contributed by atoms with E-state index in [0.29, 0.717) is 12.6 Å². The normalized spacial score (nSPS) is 22.2. The number of nitrogens with one attached hydrogen (secondary N) is 1. The molecule has 92 valence electrons. The van der Waals surface area contributed by atoms with Gasteiger partial charge in [-0.25, -0.2) is 0 Å². The van der Waals surface area contributed by atoms with Crippen LogP contribution >= 0.6 is 22.6 Å². The quantitative estimate of drug-likeness (QED) is 0.505. The second kappa shape index (κ2) is 5.82. The van der Waals surface area contributed by atoms with Crippen LogP contribution in [0.1, 0.15) is 18.9 Å². The zero-order valence-electron chi connectivity index (χ0n) is 9.78. The maximum Gasteiger partial charge on any atom is 0.324 e. The van der Waals surface area contributed by atoms with Crippen LogP contribution in [0.4, 0.5) is 0 Å². The van der Waals surface area contributed by atoms with Crippen LogP contribution in [0.5, 0.6) is 0 Å². The number of hydrogen-bond donors (Lipinski definition) is 1. The molecule has 3 nitrogen and oxygen atoms in total. The van der Waals surface area contributed by atoms with Gasteiger partial charge in [0.1, 0.15) is 6.04 Å². The lowest BCUT2D eigenvalue weighted by Gasteiger charge is -2.01. The molecule has 1 fully saturated rings. The second-order valence-corrected chi connectivity index (χ2v) is 5.41. The van der Waals surface area contributed by atoms with Crippen molar-refractivity contribution in [3.8, 4) is 0 Å². The predicted molar refractivity (Wildman–Crippen MR) is 74.8 cm³/mol. The largest absolute Gasteiger partial charge is 0.465 e. The molecular formula is C13H16INO2. The predicted octanol–water partition coefficient (Wildman–Crippen LogP) is 2.13. The summed E-state index contributed by atoms with van der Waals surface area (Å²) in [4.78, 5) is 11.4. The van der Waals surface area contributed by atoms with Gasteiger partial charge >= 0.3 is 5.97 Å². The van der Waals surface area contributed by atoms with E-state index in [2.05, 4.69) is 52.2 Å². The summed E-state index contributed by atoms with van der Waals surface area (Å²) < 4.78 is 6.21. The van der Waals surface area contributed by atoms with Crippen LogP contribution in [0.15, 0.2) is 24.3 Å². The number of aryl methyl sites for hydroxylation is 1. The minimum absolute atomic E-state index is 0.0706. The molecule has 0 spiro atoms. The highest BCUT2D eigenvalue weighted by Gasteiger charge is 2.42. The van der Waals surface area contributed by atoms with Gasteiger partial charge in [-0.05, 0) is 60.1 Å². The van der Waals surface area contributed by atoms with Crippen LogP contribution in [0, 0.1) is 3.57 Å². The maximum absolute atomic E-state index is 11.4. The van der Waals surface area contributed by atoms with Gasteiger partial charge in [-0.3, -0.25) is 10.1 Å². The average Bonchev–Trinajstić information content (AvgIpc) is 3.08. The van der Waals surface area contributed by atoms with Gasteiger partial charge in [0.2, 0.25) is 0 Å². The summed E-state index contributed by atoms with van der Waals surface area (Å²) in [5, 5.41) is 3.16. The van der Waals surface area contributed by atoms with Gasteiger partial charge in [-0.2, -0.15) is 0 Å². The fraction of sp³-hybridized carbons (Fsp3) is 0.462. The molecule has 2 unspecified atom stereocenters. The summed E-state index contributed by atoms with van der Waals surface area (Å²) in [6.07, 6.45) is 1.99. The van der Waals surface area contributed by atoms with Crippen molar-refractivity contribution >= 4 is 28.6 Å². The van der Waals surface area contributed by atoms with Crippen LogP contribution < -0.4 is 5.32 Å². The molecule has 1 aliphatic rings. The van der Waals surface area contributed by atoms with E-state index in [1.807, 2.05) is 6.92 Å². The minimum atomic E-state index is -0.111. The van der Waals surface area contributed by atoms with Crippen molar-refractivity contribution in [1.82, 2.24) is 5.32 Å². The Labute approximate surface area is 115 Å². The number of rotatable bonds is 5. The van der Waals surface area contributed by atoms with E-state index in [0.717, 1.165) is 12.8 Å². The molecule has 0 aromatic heterocycles. The number of benzene rings is 1. The van der Waals surface area contributed by atoms with Crippen molar-refractivity contribution < 1.29 is 9.53 Å². The molecule has 17 heavy (non-hydrogen) atoms. The number of halogens is 1. The summed E-state index contributed by atoms with van der Waals surface area (Å²) in [6, 6.07) is 8.73. The van der Waals surface area contributed by atoms with Crippen LogP contribution in [0.2, 0.25) is 0 Å². The first-order valence-electron chi connectivity index (χ1n) is 5.88. The third-order valence-corrected chi connectivity index (χ3v) is 3.60. The monoisotopic (exact) mass is 345 g/mol. The van der Waals surface area contributed by atoms with Gasteiger partial charge in [0.05, 0.1) is 6.61 Å². The van der Waals surface area contributed by atoms with E-state index in [4.69, 9.17) is 4.74 Å². The highest BCUT2D eigenvalue weighted by atomic mass is 127. The lowest BCUT2D eigenvalue weighted by Crippen LogP contribution is -2.15. The molecule has 1 N–H and O–H groups in total. The summed E-state index contributed by atoms with van der Waals surface area (Å²) in [7, 11) is 0. The van der Waals surface area contributed by atoms with Crippen molar-refractivity contribution in [2.45, 2.75) is 31.8 Å². The Kier molecular flexibility index (Phi) is 4.39. The van der Waals surface area contributed by atoms with Crippen molar-refractivity contribution in [3.05, 3.63) is 33.4 Å². The first kappa shape index (κ1) is 12.8. The van der Waals surface area contributed by atoms with Gasteiger partial charge < -0.3 is 4.74 Å². The first-order chi connectivity index (χ1) is 8.20. The smallest absolute Gasteiger partial charge is 0.324 e. The van der Waals surface area contributed by atoms with E-state index < -0.39 is 0 Å². The number of carbonyl (C=O) groups is 1. The molecule has 1 aromatic rings. The van der Waals surface area contributed by atoms with Gasteiger partial charge in [-0.1, -0.05) is 12.1 Å². The summed E-state index contributed by atoms with van der Waals surface area (Å²) in [5.41, 5.74) is 1.32. The molecule has 1 aromatic carbocycles. The lowest BCUT2D eigenvalue weighted by atomic mass is 10.1. The third kappa shape index (κ3) is 3.67. The summed E-state index contributed by atoms with van der Waals surface area (Å²) in [6.45, 7) is 2.29. The Morgan fingerprint density at radius 1 is 1.41 bits per heavy atom. The highest BCUT2D eigenvalue weighted by Crippen LogP contribution is 2.19. The fourth-order valence-corrected chi connectivity index (χ4v) is 2.22. The number of ether oxygens (including phenoxy) is 1. The van der Waals surface area contributed by atoms with E-state index >= 15 is 0 Å². The molecule has 1 aliphatic heterocycles. The standard InChI is InChI=1S/C13H16INO2/c1-2-17-13(16)12-11(15-12)8-5-9-3-6-10(14)7-4-9/h3-4,6-7,11-12,15H,2,5,8H2,1H3. The molecule has 0 radical (unpaired) electrons. The lowest BCUT2D eigenvalue weighted by molar-refractivity contribution is -0.142. The minimum Gasteiger partial charge on any atom is -0.465 e. The maximum atomic E-state index is 11.4. The Hall–Kier alpha value is -0.620. The Bertz CT molecular complexity index is 391. The number of carbonyl (C=O) groups excluding carboxylic acids is 1.